The highest BCUT2D eigenvalue weighted by atomic mass is 16.4. The number of nitrogens with one attached hydrogen (secondary N) is 1. The number of rotatable bonds is 7. The number of amides is 1. The van der Waals surface area contributed by atoms with Crippen molar-refractivity contribution in [2.24, 2.45) is 5.41 Å². The number of hydrogen-bond acceptors (Lipinski definition) is 3. The summed E-state index contributed by atoms with van der Waals surface area (Å²) in [6, 6.07) is 1.72. The molecule has 1 amide bonds. The maximum absolute atomic E-state index is 12.0. The van der Waals surface area contributed by atoms with Crippen LogP contribution in [0.4, 0.5) is 0 Å². The first-order chi connectivity index (χ1) is 9.21. The zero-order valence-electron chi connectivity index (χ0n) is 12.6. The molecule has 1 aromatic heterocycles. The van der Waals surface area contributed by atoms with Crippen molar-refractivity contribution in [2.45, 2.75) is 47.0 Å². The maximum Gasteiger partial charge on any atom is 0.303 e. The van der Waals surface area contributed by atoms with Gasteiger partial charge < -0.3 is 14.8 Å². The summed E-state index contributed by atoms with van der Waals surface area (Å²) in [5.41, 5.74) is 0.457. The quantitative estimate of drug-likeness (QED) is 0.805. The smallest absolute Gasteiger partial charge is 0.303 e. The molecular weight excluding hydrogens is 258 g/mol. The highest BCUT2D eigenvalue weighted by Crippen LogP contribution is 2.26. The molecule has 0 saturated heterocycles. The number of aliphatic carboxylic acids is 1. The Bertz CT molecular complexity index is 488. The van der Waals surface area contributed by atoms with Gasteiger partial charge in [-0.3, -0.25) is 9.59 Å². The molecule has 2 N–H and O–H groups in total. The molecule has 0 aromatic carbocycles. The average Bonchev–Trinajstić information content (AvgIpc) is 2.66. The van der Waals surface area contributed by atoms with Gasteiger partial charge >= 0.3 is 5.97 Å². The molecule has 1 aromatic rings. The average molecular weight is 281 g/mol. The highest BCUT2D eigenvalue weighted by molar-refractivity contribution is 5.95. The van der Waals surface area contributed by atoms with E-state index in [1.807, 2.05) is 13.8 Å². The Morgan fingerprint density at radius 3 is 2.45 bits per heavy atom. The van der Waals surface area contributed by atoms with Crippen LogP contribution in [0.3, 0.4) is 0 Å². The van der Waals surface area contributed by atoms with Crippen molar-refractivity contribution < 1.29 is 19.1 Å². The molecule has 5 nitrogen and oxygen atoms in total. The van der Waals surface area contributed by atoms with E-state index in [2.05, 4.69) is 5.32 Å². The summed E-state index contributed by atoms with van der Waals surface area (Å²) in [6.45, 7) is 8.11. The van der Waals surface area contributed by atoms with Gasteiger partial charge in [-0.25, -0.2) is 0 Å². The predicted octanol–water partition coefficient (Wildman–Crippen LogP) is 2.91. The van der Waals surface area contributed by atoms with Crippen LogP contribution in [0.25, 0.3) is 0 Å². The largest absolute Gasteiger partial charge is 0.481 e. The molecule has 1 rings (SSSR count). The summed E-state index contributed by atoms with van der Waals surface area (Å²) in [5.74, 6) is 0.402. The molecule has 1 heterocycles. The molecule has 0 fully saturated rings. The minimum Gasteiger partial charge on any atom is -0.481 e. The molecule has 0 aliphatic carbocycles. The molecule has 0 aliphatic heterocycles. The van der Waals surface area contributed by atoms with Crippen LogP contribution in [-0.2, 0) is 4.79 Å². The van der Waals surface area contributed by atoms with Crippen molar-refractivity contribution >= 4 is 11.9 Å². The molecule has 0 bridgehead atoms. The Morgan fingerprint density at radius 1 is 1.30 bits per heavy atom. The van der Waals surface area contributed by atoms with E-state index in [4.69, 9.17) is 9.52 Å². The number of aryl methyl sites for hydroxylation is 2. The first-order valence-corrected chi connectivity index (χ1v) is 6.78. The number of carboxylic acid groups (broad SMARTS) is 1. The van der Waals surface area contributed by atoms with Crippen molar-refractivity contribution in [1.29, 1.82) is 0 Å². The highest BCUT2D eigenvalue weighted by Gasteiger charge is 2.20. The summed E-state index contributed by atoms with van der Waals surface area (Å²) in [4.78, 5) is 22.5. The molecule has 0 radical (unpaired) electrons. The van der Waals surface area contributed by atoms with Crippen LogP contribution in [0.1, 0.15) is 55.0 Å². The second-order valence-corrected chi connectivity index (χ2v) is 5.89. The van der Waals surface area contributed by atoms with Crippen LogP contribution in [-0.4, -0.2) is 23.5 Å². The SMILES string of the molecule is Cc1cc(C(=O)NCCC(C)(C)CCC(=O)O)c(C)o1. The molecule has 112 valence electrons. The molecule has 0 spiro atoms. The number of carbonyl (C=O) groups is 2. The lowest BCUT2D eigenvalue weighted by Gasteiger charge is -2.23. The second kappa shape index (κ2) is 6.59. The number of hydrogen-bond donors (Lipinski definition) is 2. The van der Waals surface area contributed by atoms with Crippen molar-refractivity contribution in [3.05, 3.63) is 23.2 Å². The van der Waals surface area contributed by atoms with E-state index in [1.165, 1.54) is 0 Å². The summed E-state index contributed by atoms with van der Waals surface area (Å²) >= 11 is 0. The van der Waals surface area contributed by atoms with E-state index < -0.39 is 5.97 Å². The molecule has 20 heavy (non-hydrogen) atoms. The third-order valence-electron chi connectivity index (χ3n) is 3.39. The fourth-order valence-electron chi connectivity index (χ4n) is 2.04. The lowest BCUT2D eigenvalue weighted by molar-refractivity contribution is -0.137. The normalized spacial score (nSPS) is 11.4. The van der Waals surface area contributed by atoms with Crippen molar-refractivity contribution in [1.82, 2.24) is 5.32 Å². The Labute approximate surface area is 119 Å². The van der Waals surface area contributed by atoms with E-state index in [1.54, 1.807) is 19.9 Å². The van der Waals surface area contributed by atoms with Gasteiger partial charge in [0.2, 0.25) is 0 Å². The Kier molecular flexibility index (Phi) is 5.36. The van der Waals surface area contributed by atoms with Crippen LogP contribution in [0.5, 0.6) is 0 Å². The fraction of sp³-hybridized carbons (Fsp3) is 0.600. The first-order valence-electron chi connectivity index (χ1n) is 6.78. The van der Waals surface area contributed by atoms with Gasteiger partial charge in [-0.2, -0.15) is 0 Å². The Hall–Kier alpha value is -1.78. The summed E-state index contributed by atoms with van der Waals surface area (Å²) in [5, 5.41) is 11.5. The van der Waals surface area contributed by atoms with Gasteiger partial charge in [-0.15, -0.1) is 0 Å². The second-order valence-electron chi connectivity index (χ2n) is 5.89. The van der Waals surface area contributed by atoms with E-state index in [0.717, 1.165) is 12.2 Å². The van der Waals surface area contributed by atoms with Gasteiger partial charge in [0, 0.05) is 13.0 Å². The third-order valence-corrected chi connectivity index (χ3v) is 3.39. The predicted molar refractivity (Wildman–Crippen MR) is 75.8 cm³/mol. The Balaban J connectivity index is 2.42. The van der Waals surface area contributed by atoms with Gasteiger partial charge in [0.1, 0.15) is 11.5 Å². The van der Waals surface area contributed by atoms with Gasteiger partial charge in [-0.1, -0.05) is 13.8 Å². The zero-order chi connectivity index (χ0) is 15.3. The van der Waals surface area contributed by atoms with Crippen molar-refractivity contribution in [3.63, 3.8) is 0 Å². The van der Waals surface area contributed by atoms with Crippen LogP contribution in [0.15, 0.2) is 10.5 Å². The van der Waals surface area contributed by atoms with Crippen molar-refractivity contribution in [3.8, 4) is 0 Å². The van der Waals surface area contributed by atoms with Crippen LogP contribution < -0.4 is 5.32 Å². The standard InChI is InChI=1S/C15H23NO4/c1-10-9-12(11(2)20-10)14(19)16-8-7-15(3,4)6-5-13(17)18/h9H,5-8H2,1-4H3,(H,16,19)(H,17,18). The Morgan fingerprint density at radius 2 is 1.95 bits per heavy atom. The summed E-state index contributed by atoms with van der Waals surface area (Å²) < 4.78 is 5.32. The lowest BCUT2D eigenvalue weighted by Crippen LogP contribution is -2.28. The first kappa shape index (κ1) is 16.3. The molecule has 0 unspecified atom stereocenters. The van der Waals surface area contributed by atoms with E-state index in [0.29, 0.717) is 24.3 Å². The minimum absolute atomic E-state index is 0.104. The van der Waals surface area contributed by atoms with Gasteiger partial charge in [-0.05, 0) is 38.2 Å². The van der Waals surface area contributed by atoms with E-state index >= 15 is 0 Å². The third kappa shape index (κ3) is 5.07. The number of carboxylic acids is 1. The molecule has 5 heteroatoms. The number of carbonyl (C=O) groups excluding carboxylic acids is 1. The molecule has 0 saturated carbocycles. The van der Waals surface area contributed by atoms with Crippen LogP contribution >= 0.6 is 0 Å². The van der Waals surface area contributed by atoms with Gasteiger partial charge in [0.25, 0.3) is 5.91 Å². The zero-order valence-corrected chi connectivity index (χ0v) is 12.6. The summed E-state index contributed by atoms with van der Waals surface area (Å²) in [6.07, 6.45) is 1.49. The molecule has 0 aliphatic rings. The topological polar surface area (TPSA) is 79.5 Å². The number of furan rings is 1. The maximum atomic E-state index is 12.0. The molecular formula is C15H23NO4. The monoisotopic (exact) mass is 281 g/mol. The van der Waals surface area contributed by atoms with Gasteiger partial charge in [0.15, 0.2) is 0 Å². The fourth-order valence-corrected chi connectivity index (χ4v) is 2.04. The van der Waals surface area contributed by atoms with E-state index in [9.17, 15) is 9.59 Å². The minimum atomic E-state index is -0.786. The van der Waals surface area contributed by atoms with Crippen LogP contribution in [0, 0.1) is 19.3 Å². The van der Waals surface area contributed by atoms with E-state index in [-0.39, 0.29) is 17.7 Å². The van der Waals surface area contributed by atoms with Crippen molar-refractivity contribution in [2.75, 3.05) is 6.54 Å². The van der Waals surface area contributed by atoms with Gasteiger partial charge in [0.05, 0.1) is 5.56 Å². The van der Waals surface area contributed by atoms with Crippen LogP contribution in [0.2, 0.25) is 0 Å². The summed E-state index contributed by atoms with van der Waals surface area (Å²) in [7, 11) is 0. The lowest BCUT2D eigenvalue weighted by atomic mass is 9.84. The molecule has 0 atom stereocenters.